The first-order valence-corrected chi connectivity index (χ1v) is 2.62. The summed E-state index contributed by atoms with van der Waals surface area (Å²) in [6.07, 6.45) is 0. The Bertz CT molecular complexity index is 173. The monoisotopic (exact) mass is 144 g/mol. The molecule has 0 saturated carbocycles. The SMILES string of the molecule is Nc1cc(N)nc(Cl)n1. The van der Waals surface area contributed by atoms with Gasteiger partial charge in [-0.25, -0.2) is 9.97 Å². The van der Waals surface area contributed by atoms with Crippen LogP contribution in [0.3, 0.4) is 0 Å². The maximum atomic E-state index is 5.37. The molecule has 1 heterocycles. The van der Waals surface area contributed by atoms with Crippen LogP contribution in [0.15, 0.2) is 6.07 Å². The zero-order valence-corrected chi connectivity index (χ0v) is 5.26. The van der Waals surface area contributed by atoms with Gasteiger partial charge in [0.15, 0.2) is 0 Å². The first kappa shape index (κ1) is 6.10. The number of anilines is 2. The molecule has 1 aromatic heterocycles. The molecule has 5 heteroatoms. The summed E-state index contributed by atoms with van der Waals surface area (Å²) in [5.41, 5.74) is 10.5. The van der Waals surface area contributed by atoms with Crippen LogP contribution >= 0.6 is 11.6 Å². The summed E-state index contributed by atoms with van der Waals surface area (Å²) in [5.74, 6) is 0.569. The second-order valence-corrected chi connectivity index (χ2v) is 1.82. The zero-order valence-electron chi connectivity index (χ0n) is 4.50. The molecule has 1 rings (SSSR count). The highest BCUT2D eigenvalue weighted by atomic mass is 35.5. The molecule has 0 atom stereocenters. The lowest BCUT2D eigenvalue weighted by atomic mass is 10.5. The van der Waals surface area contributed by atoms with Crippen LogP contribution in [-0.2, 0) is 0 Å². The highest BCUT2D eigenvalue weighted by molar-refractivity contribution is 6.28. The largest absolute Gasteiger partial charge is 0.383 e. The second kappa shape index (κ2) is 2.06. The van der Waals surface area contributed by atoms with Crippen molar-refractivity contribution in [2.24, 2.45) is 0 Å². The first-order chi connectivity index (χ1) is 4.18. The van der Waals surface area contributed by atoms with E-state index in [1.165, 1.54) is 6.07 Å². The molecule has 48 valence electrons. The average Bonchev–Trinajstić information content (AvgIpc) is 1.59. The summed E-state index contributed by atoms with van der Waals surface area (Å²) in [7, 11) is 0. The molecule has 0 unspecified atom stereocenters. The molecular formula is C4H5ClN4. The van der Waals surface area contributed by atoms with Crippen molar-refractivity contribution in [2.45, 2.75) is 0 Å². The van der Waals surface area contributed by atoms with Crippen LogP contribution in [0.1, 0.15) is 0 Å². The summed E-state index contributed by atoms with van der Waals surface area (Å²) < 4.78 is 0. The molecule has 0 spiro atoms. The van der Waals surface area contributed by atoms with Gasteiger partial charge in [-0.05, 0) is 11.6 Å². The zero-order chi connectivity index (χ0) is 6.85. The van der Waals surface area contributed by atoms with Crippen molar-refractivity contribution < 1.29 is 0 Å². The van der Waals surface area contributed by atoms with Gasteiger partial charge in [-0.2, -0.15) is 0 Å². The number of hydrogen-bond acceptors (Lipinski definition) is 4. The van der Waals surface area contributed by atoms with E-state index in [1.54, 1.807) is 0 Å². The normalized spacial score (nSPS) is 9.44. The molecule has 0 fully saturated rings. The Hall–Kier alpha value is -1.03. The van der Waals surface area contributed by atoms with Crippen LogP contribution in [0.5, 0.6) is 0 Å². The third-order valence-corrected chi connectivity index (χ3v) is 0.908. The van der Waals surface area contributed by atoms with E-state index in [1.807, 2.05) is 0 Å². The Labute approximate surface area is 56.9 Å². The van der Waals surface area contributed by atoms with Crippen molar-refractivity contribution in [2.75, 3.05) is 11.5 Å². The quantitative estimate of drug-likeness (QED) is 0.514. The maximum Gasteiger partial charge on any atom is 0.226 e. The molecule has 9 heavy (non-hydrogen) atoms. The average molecular weight is 145 g/mol. The Morgan fingerprint density at radius 1 is 1.22 bits per heavy atom. The smallest absolute Gasteiger partial charge is 0.226 e. The van der Waals surface area contributed by atoms with Crippen LogP contribution in [0.4, 0.5) is 11.6 Å². The third-order valence-electron chi connectivity index (χ3n) is 0.738. The predicted octanol–water partition coefficient (Wildman–Crippen LogP) is 0.294. The third kappa shape index (κ3) is 1.43. The fourth-order valence-electron chi connectivity index (χ4n) is 0.454. The second-order valence-electron chi connectivity index (χ2n) is 1.49. The topological polar surface area (TPSA) is 77.8 Å². The molecule has 4 nitrogen and oxygen atoms in total. The molecule has 0 aliphatic rings. The van der Waals surface area contributed by atoms with Crippen molar-refractivity contribution in [3.05, 3.63) is 11.3 Å². The highest BCUT2D eigenvalue weighted by Crippen LogP contribution is 2.07. The van der Waals surface area contributed by atoms with E-state index in [-0.39, 0.29) is 16.9 Å². The molecular weight excluding hydrogens is 140 g/mol. The van der Waals surface area contributed by atoms with Crippen molar-refractivity contribution in [1.82, 2.24) is 9.97 Å². The number of rotatable bonds is 0. The number of hydrogen-bond donors (Lipinski definition) is 2. The minimum Gasteiger partial charge on any atom is -0.383 e. The number of nitrogens with two attached hydrogens (primary N) is 2. The van der Waals surface area contributed by atoms with Gasteiger partial charge in [0.2, 0.25) is 5.28 Å². The van der Waals surface area contributed by atoms with Gasteiger partial charge in [-0.1, -0.05) is 0 Å². The fourth-order valence-corrected chi connectivity index (χ4v) is 0.649. The molecule has 0 aliphatic carbocycles. The van der Waals surface area contributed by atoms with Gasteiger partial charge in [0.05, 0.1) is 0 Å². The summed E-state index contributed by atoms with van der Waals surface area (Å²) in [4.78, 5) is 7.17. The van der Waals surface area contributed by atoms with Gasteiger partial charge < -0.3 is 11.5 Å². The molecule has 0 amide bonds. The summed E-state index contributed by atoms with van der Waals surface area (Å²) in [5, 5.41) is 0.0764. The number of aromatic nitrogens is 2. The summed E-state index contributed by atoms with van der Waals surface area (Å²) in [6.45, 7) is 0. The summed E-state index contributed by atoms with van der Waals surface area (Å²) >= 11 is 5.37. The van der Waals surface area contributed by atoms with Gasteiger partial charge in [-0.15, -0.1) is 0 Å². The van der Waals surface area contributed by atoms with E-state index in [9.17, 15) is 0 Å². The number of nitrogens with zero attached hydrogens (tertiary/aromatic N) is 2. The molecule has 4 N–H and O–H groups in total. The van der Waals surface area contributed by atoms with E-state index in [2.05, 4.69) is 9.97 Å². The fraction of sp³-hybridized carbons (Fsp3) is 0. The van der Waals surface area contributed by atoms with Crippen LogP contribution in [0, 0.1) is 0 Å². The molecule has 1 aromatic rings. The van der Waals surface area contributed by atoms with Gasteiger partial charge >= 0.3 is 0 Å². The van der Waals surface area contributed by atoms with E-state index in [0.29, 0.717) is 0 Å². The van der Waals surface area contributed by atoms with E-state index in [0.717, 1.165) is 0 Å². The van der Waals surface area contributed by atoms with Gasteiger partial charge in [0, 0.05) is 6.07 Å². The summed E-state index contributed by atoms with van der Waals surface area (Å²) in [6, 6.07) is 1.44. The van der Waals surface area contributed by atoms with Gasteiger partial charge in [0.25, 0.3) is 0 Å². The molecule has 0 bridgehead atoms. The Balaban J connectivity index is 3.17. The Morgan fingerprint density at radius 3 is 2.00 bits per heavy atom. The Morgan fingerprint density at radius 2 is 1.67 bits per heavy atom. The minimum atomic E-state index is 0.0764. The first-order valence-electron chi connectivity index (χ1n) is 2.24. The van der Waals surface area contributed by atoms with Crippen LogP contribution in [0.2, 0.25) is 5.28 Å². The van der Waals surface area contributed by atoms with Crippen LogP contribution in [-0.4, -0.2) is 9.97 Å². The molecule has 0 aliphatic heterocycles. The lowest BCUT2D eigenvalue weighted by molar-refractivity contribution is 1.19. The lowest BCUT2D eigenvalue weighted by Crippen LogP contribution is -1.96. The van der Waals surface area contributed by atoms with Crippen LogP contribution < -0.4 is 11.5 Å². The highest BCUT2D eigenvalue weighted by Gasteiger charge is 1.93. The minimum absolute atomic E-state index is 0.0764. The van der Waals surface area contributed by atoms with E-state index >= 15 is 0 Å². The molecule has 0 saturated heterocycles. The number of nitrogen functional groups attached to an aromatic ring is 2. The van der Waals surface area contributed by atoms with Gasteiger partial charge in [0.1, 0.15) is 11.6 Å². The maximum absolute atomic E-state index is 5.37. The van der Waals surface area contributed by atoms with E-state index in [4.69, 9.17) is 23.1 Å². The van der Waals surface area contributed by atoms with Crippen molar-refractivity contribution in [1.29, 1.82) is 0 Å². The van der Waals surface area contributed by atoms with Crippen molar-refractivity contribution in [3.63, 3.8) is 0 Å². The lowest BCUT2D eigenvalue weighted by Gasteiger charge is -1.93. The van der Waals surface area contributed by atoms with Crippen LogP contribution in [0.25, 0.3) is 0 Å². The van der Waals surface area contributed by atoms with Crippen molar-refractivity contribution >= 4 is 23.2 Å². The Kier molecular flexibility index (Phi) is 1.40. The molecule has 0 radical (unpaired) electrons. The van der Waals surface area contributed by atoms with Crippen molar-refractivity contribution in [3.8, 4) is 0 Å². The standard InChI is InChI=1S/C4H5ClN4/c5-4-8-2(6)1-3(7)9-4/h1H,(H4,6,7,8,9). The van der Waals surface area contributed by atoms with E-state index < -0.39 is 0 Å². The van der Waals surface area contributed by atoms with Gasteiger partial charge in [-0.3, -0.25) is 0 Å². The molecule has 0 aromatic carbocycles. The number of halogens is 1. The predicted molar refractivity (Wildman–Crippen MR) is 35.9 cm³/mol.